The zero-order chi connectivity index (χ0) is 16.4. The van der Waals surface area contributed by atoms with Crippen molar-refractivity contribution in [1.29, 1.82) is 0 Å². The van der Waals surface area contributed by atoms with Crippen LogP contribution in [-0.2, 0) is 6.54 Å². The molecule has 2 aromatic rings. The summed E-state index contributed by atoms with van der Waals surface area (Å²) >= 11 is 0. The number of para-hydroxylation sites is 1. The molecule has 0 amide bonds. The van der Waals surface area contributed by atoms with Crippen molar-refractivity contribution >= 4 is 11.3 Å². The van der Waals surface area contributed by atoms with Crippen molar-refractivity contribution < 1.29 is 0 Å². The summed E-state index contributed by atoms with van der Waals surface area (Å²) in [5, 5.41) is 4.76. The molecule has 0 aliphatic heterocycles. The molecular formula is C22H24N. The second-order valence-corrected chi connectivity index (χ2v) is 6.38. The Morgan fingerprint density at radius 1 is 0.826 bits per heavy atom. The third-order valence-corrected chi connectivity index (χ3v) is 5.14. The van der Waals surface area contributed by atoms with Gasteiger partial charge in [0.05, 0.1) is 12.2 Å². The van der Waals surface area contributed by atoms with Gasteiger partial charge < -0.3 is 0 Å². The van der Waals surface area contributed by atoms with E-state index < -0.39 is 0 Å². The van der Waals surface area contributed by atoms with E-state index in [1.807, 2.05) is 18.2 Å². The minimum absolute atomic E-state index is 0.493. The van der Waals surface area contributed by atoms with Gasteiger partial charge in [0.1, 0.15) is 0 Å². The Balaban J connectivity index is 1.91. The van der Waals surface area contributed by atoms with Crippen molar-refractivity contribution in [2.24, 2.45) is 5.92 Å². The lowest BCUT2D eigenvalue weighted by Gasteiger charge is -2.17. The Kier molecular flexibility index (Phi) is 4.38. The highest BCUT2D eigenvalue weighted by atomic mass is 14.9. The highest BCUT2D eigenvalue weighted by Crippen LogP contribution is 2.43. The maximum Gasteiger partial charge on any atom is 0.0652 e. The lowest BCUT2D eigenvalue weighted by Crippen LogP contribution is -2.05. The Morgan fingerprint density at radius 3 is 2.13 bits per heavy atom. The predicted octanol–water partition coefficient (Wildman–Crippen LogP) is 5.88. The largest absolute Gasteiger partial charge is 0.281 e. The average Bonchev–Trinajstić information content (AvgIpc) is 2.78. The Labute approximate surface area is 139 Å². The van der Waals surface area contributed by atoms with Gasteiger partial charge in [-0.3, -0.25) is 5.32 Å². The highest BCUT2D eigenvalue weighted by molar-refractivity contribution is 5.81. The lowest BCUT2D eigenvalue weighted by atomic mass is 9.89. The van der Waals surface area contributed by atoms with Gasteiger partial charge in [-0.15, -0.1) is 0 Å². The van der Waals surface area contributed by atoms with Crippen molar-refractivity contribution in [3.63, 3.8) is 0 Å². The zero-order valence-electron chi connectivity index (χ0n) is 14.4. The van der Waals surface area contributed by atoms with Crippen LogP contribution in [0.5, 0.6) is 0 Å². The first-order valence-electron chi connectivity index (χ1n) is 8.29. The predicted molar refractivity (Wildman–Crippen MR) is 98.5 cm³/mol. The Morgan fingerprint density at radius 2 is 1.48 bits per heavy atom. The standard InChI is InChI=1S/C22H24N/c1-15-16(2)18(4)22(17(15)3)21-13-9-8-10-19(21)14-23-20-11-6-5-7-12-20/h5-13,17H,14H2,1-4H3. The molecule has 1 unspecified atom stereocenters. The molecule has 1 aliphatic carbocycles. The third-order valence-electron chi connectivity index (χ3n) is 5.14. The van der Waals surface area contributed by atoms with Gasteiger partial charge in [-0.1, -0.05) is 55.0 Å². The molecule has 1 radical (unpaired) electrons. The van der Waals surface area contributed by atoms with Crippen LogP contribution in [0.2, 0.25) is 0 Å². The van der Waals surface area contributed by atoms with E-state index in [2.05, 4.69) is 64.1 Å². The van der Waals surface area contributed by atoms with E-state index in [0.29, 0.717) is 5.92 Å². The van der Waals surface area contributed by atoms with Crippen LogP contribution in [0.25, 0.3) is 5.57 Å². The molecule has 1 atom stereocenters. The lowest BCUT2D eigenvalue weighted by molar-refractivity contribution is 0.849. The maximum absolute atomic E-state index is 4.76. The first-order valence-corrected chi connectivity index (χ1v) is 8.29. The summed E-state index contributed by atoms with van der Waals surface area (Å²) < 4.78 is 0. The van der Waals surface area contributed by atoms with Gasteiger partial charge in [0.2, 0.25) is 0 Å². The van der Waals surface area contributed by atoms with E-state index in [1.165, 1.54) is 33.4 Å². The smallest absolute Gasteiger partial charge is 0.0652 e. The molecule has 23 heavy (non-hydrogen) atoms. The van der Waals surface area contributed by atoms with Gasteiger partial charge in [0, 0.05) is 5.92 Å². The Bertz CT molecular complexity index is 766. The fourth-order valence-electron chi connectivity index (χ4n) is 3.43. The number of benzene rings is 2. The highest BCUT2D eigenvalue weighted by Gasteiger charge is 2.25. The minimum Gasteiger partial charge on any atom is -0.281 e. The van der Waals surface area contributed by atoms with Crippen LogP contribution in [0, 0.1) is 5.92 Å². The summed E-state index contributed by atoms with van der Waals surface area (Å²) in [6, 6.07) is 18.9. The third kappa shape index (κ3) is 2.96. The van der Waals surface area contributed by atoms with Crippen molar-refractivity contribution in [3.05, 3.63) is 82.4 Å². The molecule has 0 saturated carbocycles. The molecular weight excluding hydrogens is 278 g/mol. The molecule has 1 heteroatoms. The monoisotopic (exact) mass is 302 g/mol. The van der Waals surface area contributed by atoms with E-state index in [-0.39, 0.29) is 0 Å². The van der Waals surface area contributed by atoms with Crippen LogP contribution in [0.15, 0.2) is 71.3 Å². The van der Waals surface area contributed by atoms with E-state index >= 15 is 0 Å². The molecule has 0 heterocycles. The van der Waals surface area contributed by atoms with Crippen LogP contribution < -0.4 is 5.32 Å². The van der Waals surface area contributed by atoms with Gasteiger partial charge in [0.15, 0.2) is 0 Å². The van der Waals surface area contributed by atoms with E-state index in [0.717, 1.165) is 12.2 Å². The van der Waals surface area contributed by atoms with E-state index in [9.17, 15) is 0 Å². The average molecular weight is 302 g/mol. The molecule has 1 aliphatic rings. The maximum atomic E-state index is 4.76. The molecule has 1 nitrogen and oxygen atoms in total. The molecule has 0 spiro atoms. The molecule has 0 fully saturated rings. The fraction of sp³-hybridized carbons (Fsp3) is 0.273. The second-order valence-electron chi connectivity index (χ2n) is 6.38. The van der Waals surface area contributed by atoms with Crippen LogP contribution >= 0.6 is 0 Å². The SMILES string of the molecule is CC1=C(C)C(C)C(c2ccccc2C[N]c2ccccc2)=C1C. The van der Waals surface area contributed by atoms with Gasteiger partial charge in [-0.05, 0) is 60.8 Å². The van der Waals surface area contributed by atoms with Crippen molar-refractivity contribution in [1.82, 2.24) is 5.32 Å². The second kappa shape index (κ2) is 6.45. The molecule has 2 aromatic carbocycles. The molecule has 0 N–H and O–H groups in total. The number of hydrogen-bond acceptors (Lipinski definition) is 0. The van der Waals surface area contributed by atoms with Gasteiger partial charge in [0.25, 0.3) is 0 Å². The van der Waals surface area contributed by atoms with Crippen LogP contribution in [-0.4, -0.2) is 0 Å². The Hall–Kier alpha value is -2.28. The molecule has 117 valence electrons. The van der Waals surface area contributed by atoms with Gasteiger partial charge in [-0.25, -0.2) is 0 Å². The van der Waals surface area contributed by atoms with Crippen LogP contribution in [0.1, 0.15) is 38.8 Å². The van der Waals surface area contributed by atoms with Crippen molar-refractivity contribution in [2.45, 2.75) is 34.2 Å². The van der Waals surface area contributed by atoms with Gasteiger partial charge >= 0.3 is 0 Å². The summed E-state index contributed by atoms with van der Waals surface area (Å²) in [5.74, 6) is 0.493. The van der Waals surface area contributed by atoms with Crippen LogP contribution in [0.3, 0.4) is 0 Å². The molecule has 3 rings (SSSR count). The zero-order valence-corrected chi connectivity index (χ0v) is 14.4. The van der Waals surface area contributed by atoms with Crippen LogP contribution in [0.4, 0.5) is 5.69 Å². The normalized spacial score (nSPS) is 17.8. The number of allylic oxidation sites excluding steroid dienone is 4. The quantitative estimate of drug-likeness (QED) is 0.669. The molecule has 0 bridgehead atoms. The summed E-state index contributed by atoms with van der Waals surface area (Å²) in [6.45, 7) is 9.79. The fourth-order valence-corrected chi connectivity index (χ4v) is 3.43. The number of nitrogens with zero attached hydrogens (tertiary/aromatic N) is 1. The summed E-state index contributed by atoms with van der Waals surface area (Å²) in [4.78, 5) is 0. The first kappa shape index (κ1) is 15.6. The first-order chi connectivity index (χ1) is 11.1. The molecule has 0 aromatic heterocycles. The summed E-state index contributed by atoms with van der Waals surface area (Å²) in [7, 11) is 0. The summed E-state index contributed by atoms with van der Waals surface area (Å²) in [6.07, 6.45) is 0. The topological polar surface area (TPSA) is 14.1 Å². The summed E-state index contributed by atoms with van der Waals surface area (Å²) in [5.41, 5.74) is 9.54. The molecule has 0 saturated heterocycles. The van der Waals surface area contributed by atoms with E-state index in [1.54, 1.807) is 0 Å². The van der Waals surface area contributed by atoms with Crippen molar-refractivity contribution in [2.75, 3.05) is 0 Å². The minimum atomic E-state index is 0.493. The van der Waals surface area contributed by atoms with Crippen molar-refractivity contribution in [3.8, 4) is 0 Å². The number of hydrogen-bond donors (Lipinski definition) is 0. The van der Waals surface area contributed by atoms with E-state index in [4.69, 9.17) is 5.32 Å². The number of rotatable bonds is 4. The van der Waals surface area contributed by atoms with Gasteiger partial charge in [-0.2, -0.15) is 0 Å².